The number of carbonyl (C=O) groups is 1. The average molecular weight is 520 g/mol. The highest BCUT2D eigenvalue weighted by atomic mass is 32.2. The first-order valence-corrected chi connectivity index (χ1v) is 13.3. The molecule has 2 aromatic carbocycles. The van der Waals surface area contributed by atoms with Crippen LogP contribution in [-0.2, 0) is 20.0 Å². The number of nitrogens with one attached hydrogen (secondary N) is 3. The van der Waals surface area contributed by atoms with Gasteiger partial charge < -0.3 is 10.1 Å². The van der Waals surface area contributed by atoms with Crippen LogP contribution in [0.2, 0.25) is 0 Å². The molecule has 0 aliphatic rings. The number of amides is 1. The Morgan fingerprint density at radius 3 is 2.14 bits per heavy atom. The summed E-state index contributed by atoms with van der Waals surface area (Å²) in [5.74, 6) is -0.332. The van der Waals surface area contributed by atoms with E-state index in [0.29, 0.717) is 5.69 Å². The van der Waals surface area contributed by atoms with E-state index in [-0.39, 0.29) is 38.8 Å². The number of aryl methyl sites for hydroxylation is 1. The molecule has 0 radical (unpaired) electrons. The van der Waals surface area contributed by atoms with Crippen LogP contribution in [0.15, 0.2) is 64.5 Å². The number of aromatic nitrogens is 2. The van der Waals surface area contributed by atoms with Crippen molar-refractivity contribution in [2.24, 2.45) is 0 Å². The molecule has 1 heterocycles. The number of hydrogen-bond donors (Lipinski definition) is 3. The molecule has 35 heavy (non-hydrogen) atoms. The lowest BCUT2D eigenvalue weighted by molar-refractivity contribution is 0.0940. The minimum Gasteiger partial charge on any atom is -0.496 e. The van der Waals surface area contributed by atoms with Gasteiger partial charge in [-0.1, -0.05) is 0 Å². The number of rotatable bonds is 9. The number of anilines is 2. The highest BCUT2D eigenvalue weighted by Gasteiger charge is 2.21. The van der Waals surface area contributed by atoms with Crippen molar-refractivity contribution < 1.29 is 26.4 Å². The molecule has 0 spiro atoms. The maximum absolute atomic E-state index is 12.9. The third-order valence-electron chi connectivity index (χ3n) is 4.58. The molecule has 3 rings (SSSR count). The van der Waals surface area contributed by atoms with Gasteiger partial charge in [-0.2, -0.15) is 0 Å². The standard InChI is InChI=1S/C22H25N5O6S2/c1-14(2)24-21(28)19-13-18(9-10-20(19)33-4)35(31,32)26-16-5-7-17(8-6-16)34(29,30)27-22-23-12-11-15(3)25-22/h5-14,26H,1-4H3,(H,24,28)(H,23,25,27). The van der Waals surface area contributed by atoms with E-state index in [4.69, 9.17) is 4.74 Å². The van der Waals surface area contributed by atoms with Gasteiger partial charge in [-0.05, 0) is 69.3 Å². The first kappa shape index (κ1) is 25.9. The lowest BCUT2D eigenvalue weighted by Gasteiger charge is -2.14. The average Bonchev–Trinajstić information content (AvgIpc) is 2.78. The molecule has 0 saturated heterocycles. The molecule has 186 valence electrons. The quantitative estimate of drug-likeness (QED) is 0.389. The summed E-state index contributed by atoms with van der Waals surface area (Å²) in [6.07, 6.45) is 1.43. The lowest BCUT2D eigenvalue weighted by atomic mass is 10.2. The Morgan fingerprint density at radius 1 is 0.914 bits per heavy atom. The molecular weight excluding hydrogens is 494 g/mol. The van der Waals surface area contributed by atoms with Crippen molar-refractivity contribution in [1.82, 2.24) is 15.3 Å². The van der Waals surface area contributed by atoms with Crippen LogP contribution in [0, 0.1) is 6.92 Å². The topological polar surface area (TPSA) is 156 Å². The van der Waals surface area contributed by atoms with Gasteiger partial charge in [-0.25, -0.2) is 31.5 Å². The second-order valence-corrected chi connectivity index (χ2v) is 11.1. The molecule has 0 aliphatic carbocycles. The van der Waals surface area contributed by atoms with Crippen molar-refractivity contribution in [3.05, 3.63) is 66.0 Å². The number of benzene rings is 2. The normalized spacial score (nSPS) is 11.7. The zero-order chi connectivity index (χ0) is 25.8. The number of nitrogens with zero attached hydrogens (tertiary/aromatic N) is 2. The summed E-state index contributed by atoms with van der Waals surface area (Å²) in [7, 11) is -6.70. The van der Waals surface area contributed by atoms with Crippen molar-refractivity contribution in [3.8, 4) is 5.75 Å². The summed E-state index contributed by atoms with van der Waals surface area (Å²) in [6.45, 7) is 5.25. The van der Waals surface area contributed by atoms with Gasteiger partial charge in [0.05, 0.1) is 22.5 Å². The molecule has 0 unspecified atom stereocenters. The van der Waals surface area contributed by atoms with Crippen LogP contribution in [0.1, 0.15) is 29.9 Å². The Balaban J connectivity index is 1.82. The molecule has 1 aromatic heterocycles. The van der Waals surface area contributed by atoms with Crippen LogP contribution >= 0.6 is 0 Å². The van der Waals surface area contributed by atoms with E-state index in [2.05, 4.69) is 24.7 Å². The van der Waals surface area contributed by atoms with E-state index in [0.717, 1.165) is 0 Å². The second-order valence-electron chi connectivity index (χ2n) is 7.75. The summed E-state index contributed by atoms with van der Waals surface area (Å²) in [4.78, 5) is 20.1. The molecule has 3 aromatic rings. The minimum absolute atomic E-state index is 0.0648. The van der Waals surface area contributed by atoms with Gasteiger partial charge >= 0.3 is 0 Å². The molecule has 0 saturated carbocycles. The predicted molar refractivity (Wildman–Crippen MR) is 130 cm³/mol. The van der Waals surface area contributed by atoms with E-state index in [9.17, 15) is 21.6 Å². The zero-order valence-electron chi connectivity index (χ0n) is 19.4. The number of methoxy groups -OCH3 is 1. The maximum atomic E-state index is 12.9. The molecule has 13 heteroatoms. The van der Waals surface area contributed by atoms with Gasteiger partial charge in [0.15, 0.2) is 0 Å². The molecule has 0 bridgehead atoms. The van der Waals surface area contributed by atoms with Crippen molar-refractivity contribution in [2.75, 3.05) is 16.6 Å². The Hall–Kier alpha value is -3.71. The second kappa shape index (κ2) is 10.3. The van der Waals surface area contributed by atoms with Gasteiger partial charge in [-0.15, -0.1) is 0 Å². The third-order valence-corrected chi connectivity index (χ3v) is 7.31. The number of hydrogen-bond acceptors (Lipinski definition) is 8. The third kappa shape index (κ3) is 6.45. The highest BCUT2D eigenvalue weighted by molar-refractivity contribution is 7.93. The van der Waals surface area contributed by atoms with Crippen LogP contribution in [-0.4, -0.2) is 45.9 Å². The van der Waals surface area contributed by atoms with E-state index in [1.807, 2.05) is 0 Å². The summed E-state index contributed by atoms with van der Waals surface area (Å²) < 4.78 is 60.9. The van der Waals surface area contributed by atoms with E-state index >= 15 is 0 Å². The fourth-order valence-corrected chi connectivity index (χ4v) is 5.00. The van der Waals surface area contributed by atoms with E-state index < -0.39 is 26.0 Å². The largest absolute Gasteiger partial charge is 0.496 e. The monoisotopic (exact) mass is 519 g/mol. The Kier molecular flexibility index (Phi) is 7.60. The molecular formula is C22H25N5O6S2. The van der Waals surface area contributed by atoms with Crippen LogP contribution in [0.4, 0.5) is 11.6 Å². The summed E-state index contributed by atoms with van der Waals surface area (Å²) in [5, 5.41) is 2.70. The van der Waals surface area contributed by atoms with Gasteiger partial charge in [-0.3, -0.25) is 9.52 Å². The molecule has 11 nitrogen and oxygen atoms in total. The van der Waals surface area contributed by atoms with Crippen LogP contribution < -0.4 is 19.5 Å². The minimum atomic E-state index is -4.10. The number of sulfonamides is 2. The summed E-state index contributed by atoms with van der Waals surface area (Å²) >= 11 is 0. The number of ether oxygens (including phenoxy) is 1. The molecule has 1 amide bonds. The molecule has 3 N–H and O–H groups in total. The van der Waals surface area contributed by atoms with E-state index in [1.54, 1.807) is 26.8 Å². The maximum Gasteiger partial charge on any atom is 0.264 e. The van der Waals surface area contributed by atoms with Crippen molar-refractivity contribution in [1.29, 1.82) is 0 Å². The molecule has 0 aliphatic heterocycles. The first-order chi connectivity index (χ1) is 16.4. The highest BCUT2D eigenvalue weighted by Crippen LogP contribution is 2.25. The van der Waals surface area contributed by atoms with Gasteiger partial charge in [0.25, 0.3) is 26.0 Å². The lowest BCUT2D eigenvalue weighted by Crippen LogP contribution is -2.30. The summed E-state index contributed by atoms with van der Waals surface area (Å²) in [5.41, 5.74) is 0.778. The van der Waals surface area contributed by atoms with Crippen LogP contribution in [0.5, 0.6) is 5.75 Å². The van der Waals surface area contributed by atoms with E-state index in [1.165, 1.54) is 55.8 Å². The smallest absolute Gasteiger partial charge is 0.264 e. The van der Waals surface area contributed by atoms with Crippen molar-refractivity contribution >= 4 is 37.6 Å². The Morgan fingerprint density at radius 2 is 1.54 bits per heavy atom. The Labute approximate surface area is 204 Å². The zero-order valence-corrected chi connectivity index (χ0v) is 21.1. The SMILES string of the molecule is COc1ccc(S(=O)(=O)Nc2ccc(S(=O)(=O)Nc3nccc(C)n3)cc2)cc1C(=O)NC(C)C. The van der Waals surface area contributed by atoms with Crippen LogP contribution in [0.3, 0.4) is 0 Å². The van der Waals surface area contributed by atoms with Crippen molar-refractivity contribution in [3.63, 3.8) is 0 Å². The predicted octanol–water partition coefficient (Wildman–Crippen LogP) is 2.53. The van der Waals surface area contributed by atoms with Gasteiger partial charge in [0.1, 0.15) is 5.75 Å². The fraction of sp³-hybridized carbons (Fsp3) is 0.227. The van der Waals surface area contributed by atoms with Gasteiger partial charge in [0.2, 0.25) is 5.95 Å². The molecule has 0 atom stereocenters. The van der Waals surface area contributed by atoms with Crippen LogP contribution in [0.25, 0.3) is 0 Å². The van der Waals surface area contributed by atoms with Crippen molar-refractivity contribution in [2.45, 2.75) is 36.6 Å². The Bertz CT molecular complexity index is 1440. The molecule has 0 fully saturated rings. The first-order valence-electron chi connectivity index (χ1n) is 10.4. The number of carbonyl (C=O) groups excluding carboxylic acids is 1. The van der Waals surface area contributed by atoms with Gasteiger partial charge in [0, 0.05) is 23.6 Å². The fourth-order valence-electron chi connectivity index (χ4n) is 2.97. The summed E-state index contributed by atoms with van der Waals surface area (Å²) in [6, 6.07) is 10.5.